The second-order valence-electron chi connectivity index (χ2n) is 6.71. The van der Waals surface area contributed by atoms with Crippen molar-refractivity contribution in [2.45, 2.75) is 37.6 Å². The predicted molar refractivity (Wildman–Crippen MR) is 91.0 cm³/mol. The SMILES string of the molecule is O=C(Cc1ccc(F)cc1)NC1(c2ccc3c(c2)OCO3)CCCC1. The lowest BCUT2D eigenvalue weighted by Gasteiger charge is -2.31. The lowest BCUT2D eigenvalue weighted by Crippen LogP contribution is -2.44. The molecule has 1 saturated carbocycles. The Balaban J connectivity index is 1.54. The molecule has 130 valence electrons. The van der Waals surface area contributed by atoms with Gasteiger partial charge in [0.2, 0.25) is 12.7 Å². The minimum atomic E-state index is -0.363. The van der Waals surface area contributed by atoms with Gasteiger partial charge in [-0.25, -0.2) is 4.39 Å². The number of rotatable bonds is 4. The molecule has 1 N–H and O–H groups in total. The summed E-state index contributed by atoms with van der Waals surface area (Å²) in [6.07, 6.45) is 4.20. The van der Waals surface area contributed by atoms with Gasteiger partial charge in [0.15, 0.2) is 11.5 Å². The third-order valence-corrected chi connectivity index (χ3v) is 5.04. The summed E-state index contributed by atoms with van der Waals surface area (Å²) in [6, 6.07) is 12.0. The summed E-state index contributed by atoms with van der Waals surface area (Å²) in [6.45, 7) is 0.239. The third-order valence-electron chi connectivity index (χ3n) is 5.04. The third kappa shape index (κ3) is 3.18. The van der Waals surface area contributed by atoms with E-state index in [9.17, 15) is 9.18 Å². The zero-order valence-corrected chi connectivity index (χ0v) is 13.9. The van der Waals surface area contributed by atoms with Crippen LogP contribution in [0.2, 0.25) is 0 Å². The summed E-state index contributed by atoms with van der Waals surface area (Å²) < 4.78 is 23.9. The fourth-order valence-electron chi connectivity index (χ4n) is 3.76. The van der Waals surface area contributed by atoms with Crippen LogP contribution in [-0.4, -0.2) is 12.7 Å². The second-order valence-corrected chi connectivity index (χ2v) is 6.71. The van der Waals surface area contributed by atoms with Gasteiger partial charge >= 0.3 is 0 Å². The van der Waals surface area contributed by atoms with Gasteiger partial charge in [-0.15, -0.1) is 0 Å². The van der Waals surface area contributed by atoms with Crippen LogP contribution in [0.25, 0.3) is 0 Å². The normalized spacial score (nSPS) is 17.5. The Labute approximate surface area is 146 Å². The molecule has 0 aromatic heterocycles. The Bertz CT molecular complexity index is 782. The number of halogens is 1. The minimum Gasteiger partial charge on any atom is -0.454 e. The number of amides is 1. The van der Waals surface area contributed by atoms with Crippen LogP contribution in [0, 0.1) is 5.82 Å². The molecular formula is C20H20FNO3. The molecule has 0 bridgehead atoms. The summed E-state index contributed by atoms with van der Waals surface area (Å²) in [5, 5.41) is 3.23. The number of carbonyl (C=O) groups is 1. The van der Waals surface area contributed by atoms with Crippen molar-refractivity contribution in [1.29, 1.82) is 0 Å². The second kappa shape index (κ2) is 6.39. The summed E-state index contributed by atoms with van der Waals surface area (Å²) in [4.78, 5) is 12.6. The molecule has 4 nitrogen and oxygen atoms in total. The molecule has 1 aliphatic carbocycles. The molecule has 1 aliphatic heterocycles. The van der Waals surface area contributed by atoms with Gasteiger partial charge in [-0.3, -0.25) is 4.79 Å². The maximum Gasteiger partial charge on any atom is 0.231 e. The molecule has 0 atom stereocenters. The van der Waals surface area contributed by atoms with Crippen LogP contribution in [0.5, 0.6) is 11.5 Å². The van der Waals surface area contributed by atoms with E-state index in [2.05, 4.69) is 5.32 Å². The monoisotopic (exact) mass is 341 g/mol. The van der Waals surface area contributed by atoms with E-state index < -0.39 is 0 Å². The average molecular weight is 341 g/mol. The number of benzene rings is 2. The van der Waals surface area contributed by atoms with Gasteiger partial charge in [0.05, 0.1) is 12.0 Å². The maximum atomic E-state index is 13.0. The lowest BCUT2D eigenvalue weighted by molar-refractivity contribution is -0.122. The van der Waals surface area contributed by atoms with E-state index in [1.165, 1.54) is 12.1 Å². The molecule has 0 spiro atoms. The van der Waals surface area contributed by atoms with Crippen LogP contribution in [-0.2, 0) is 16.8 Å². The van der Waals surface area contributed by atoms with E-state index >= 15 is 0 Å². The highest BCUT2D eigenvalue weighted by molar-refractivity contribution is 5.79. The number of fused-ring (bicyclic) bond motifs is 1. The van der Waals surface area contributed by atoms with E-state index in [-0.39, 0.29) is 30.5 Å². The Hall–Kier alpha value is -2.56. The van der Waals surface area contributed by atoms with Crippen LogP contribution < -0.4 is 14.8 Å². The van der Waals surface area contributed by atoms with E-state index in [0.717, 1.165) is 48.3 Å². The van der Waals surface area contributed by atoms with E-state index in [1.54, 1.807) is 12.1 Å². The highest BCUT2D eigenvalue weighted by Crippen LogP contribution is 2.42. The molecule has 1 fully saturated rings. The predicted octanol–water partition coefficient (Wildman–Crippen LogP) is 3.68. The average Bonchev–Trinajstić information content (AvgIpc) is 3.26. The maximum absolute atomic E-state index is 13.0. The van der Waals surface area contributed by atoms with E-state index in [4.69, 9.17) is 9.47 Å². The topological polar surface area (TPSA) is 47.6 Å². The molecule has 4 rings (SSSR count). The molecule has 1 amide bonds. The Morgan fingerprint density at radius 3 is 2.52 bits per heavy atom. The molecule has 25 heavy (non-hydrogen) atoms. The first-order chi connectivity index (χ1) is 12.1. The first-order valence-corrected chi connectivity index (χ1v) is 8.60. The number of carbonyl (C=O) groups excluding carboxylic acids is 1. The van der Waals surface area contributed by atoms with Gasteiger partial charge in [-0.2, -0.15) is 0 Å². The van der Waals surface area contributed by atoms with Crippen molar-refractivity contribution in [1.82, 2.24) is 5.32 Å². The Kier molecular flexibility index (Phi) is 4.07. The van der Waals surface area contributed by atoms with Gasteiger partial charge in [-0.1, -0.05) is 31.0 Å². The number of ether oxygens (including phenoxy) is 2. The fraction of sp³-hybridized carbons (Fsp3) is 0.350. The van der Waals surface area contributed by atoms with Gasteiger partial charge in [0.1, 0.15) is 5.82 Å². The lowest BCUT2D eigenvalue weighted by atomic mass is 9.87. The summed E-state index contributed by atoms with van der Waals surface area (Å²) >= 11 is 0. The highest BCUT2D eigenvalue weighted by atomic mass is 19.1. The molecular weight excluding hydrogens is 321 g/mol. The van der Waals surface area contributed by atoms with E-state index in [1.807, 2.05) is 18.2 Å². The molecule has 0 radical (unpaired) electrons. The van der Waals surface area contributed by atoms with Crippen LogP contribution >= 0.6 is 0 Å². The van der Waals surface area contributed by atoms with Gasteiger partial charge in [0, 0.05) is 0 Å². The molecule has 0 unspecified atom stereocenters. The van der Waals surface area contributed by atoms with Gasteiger partial charge in [-0.05, 0) is 48.2 Å². The van der Waals surface area contributed by atoms with Crippen LogP contribution in [0.4, 0.5) is 4.39 Å². The molecule has 2 aromatic carbocycles. The van der Waals surface area contributed by atoms with Crippen molar-refractivity contribution in [3.05, 3.63) is 59.4 Å². The first kappa shape index (κ1) is 15.9. The number of nitrogens with one attached hydrogen (secondary N) is 1. The van der Waals surface area contributed by atoms with E-state index in [0.29, 0.717) is 0 Å². The quantitative estimate of drug-likeness (QED) is 0.923. The van der Waals surface area contributed by atoms with Crippen molar-refractivity contribution in [3.63, 3.8) is 0 Å². The standard InChI is InChI=1S/C20H20FNO3/c21-16-6-3-14(4-7-16)11-19(23)22-20(9-1-2-10-20)15-5-8-17-18(12-15)25-13-24-17/h3-8,12H,1-2,9-11,13H2,(H,22,23). The zero-order chi connectivity index (χ0) is 17.3. The first-order valence-electron chi connectivity index (χ1n) is 8.60. The summed E-state index contributed by atoms with van der Waals surface area (Å²) in [7, 11) is 0. The number of hydrogen-bond acceptors (Lipinski definition) is 3. The molecule has 5 heteroatoms. The largest absolute Gasteiger partial charge is 0.454 e. The minimum absolute atomic E-state index is 0.0498. The summed E-state index contributed by atoms with van der Waals surface area (Å²) in [5.41, 5.74) is 1.50. The molecule has 2 aliphatic rings. The smallest absolute Gasteiger partial charge is 0.231 e. The molecule has 0 saturated heterocycles. The number of hydrogen-bond donors (Lipinski definition) is 1. The van der Waals surface area contributed by atoms with Crippen molar-refractivity contribution in [2.75, 3.05) is 6.79 Å². The van der Waals surface area contributed by atoms with Crippen LogP contribution in [0.3, 0.4) is 0 Å². The van der Waals surface area contributed by atoms with Crippen molar-refractivity contribution >= 4 is 5.91 Å². The Morgan fingerprint density at radius 1 is 1.04 bits per heavy atom. The van der Waals surface area contributed by atoms with Crippen molar-refractivity contribution < 1.29 is 18.7 Å². The molecule has 1 heterocycles. The fourth-order valence-corrected chi connectivity index (χ4v) is 3.76. The molecule has 2 aromatic rings. The summed E-state index contributed by atoms with van der Waals surface area (Å²) in [5.74, 6) is 1.13. The highest BCUT2D eigenvalue weighted by Gasteiger charge is 2.37. The van der Waals surface area contributed by atoms with Gasteiger partial charge < -0.3 is 14.8 Å². The van der Waals surface area contributed by atoms with Gasteiger partial charge in [0.25, 0.3) is 0 Å². The van der Waals surface area contributed by atoms with Crippen LogP contribution in [0.15, 0.2) is 42.5 Å². The van der Waals surface area contributed by atoms with Crippen molar-refractivity contribution in [2.24, 2.45) is 0 Å². The zero-order valence-electron chi connectivity index (χ0n) is 13.9. The van der Waals surface area contributed by atoms with Crippen LogP contribution in [0.1, 0.15) is 36.8 Å². The Morgan fingerprint density at radius 2 is 1.76 bits per heavy atom. The van der Waals surface area contributed by atoms with Crippen molar-refractivity contribution in [3.8, 4) is 11.5 Å².